The van der Waals surface area contributed by atoms with Gasteiger partial charge >= 0.3 is 0 Å². The lowest BCUT2D eigenvalue weighted by atomic mass is 9.84. The fourth-order valence-corrected chi connectivity index (χ4v) is 5.73. The van der Waals surface area contributed by atoms with E-state index in [9.17, 15) is 9.90 Å². The number of aliphatic hydroxyl groups is 1. The molecule has 1 aromatic rings. The Morgan fingerprint density at radius 1 is 1.13 bits per heavy atom. The summed E-state index contributed by atoms with van der Waals surface area (Å²) in [5, 5.41) is 19.4. The first-order chi connectivity index (χ1) is 14.5. The molecule has 2 saturated carbocycles. The van der Waals surface area contributed by atoms with Gasteiger partial charge in [0.15, 0.2) is 5.69 Å². The van der Waals surface area contributed by atoms with E-state index < -0.39 is 5.60 Å². The van der Waals surface area contributed by atoms with Crippen LogP contribution in [0.2, 0.25) is 0 Å². The van der Waals surface area contributed by atoms with Gasteiger partial charge in [-0.2, -0.15) is 5.10 Å². The van der Waals surface area contributed by atoms with Gasteiger partial charge in [0.05, 0.1) is 5.60 Å². The van der Waals surface area contributed by atoms with Gasteiger partial charge in [-0.25, -0.2) is 0 Å². The normalized spacial score (nSPS) is 24.4. The standard InChI is InChI=1S/C24H40N4O2/c1-27(2)23(29)22-20-15-19(25-17-24(30)13-7-4-8-14-24)11-12-21(20)28(26-22)16-18-9-5-3-6-10-18/h18-19,25,30H,3-17H2,1-2H3/t19-/m0/s1. The lowest BCUT2D eigenvalue weighted by molar-refractivity contribution is 0.00227. The molecule has 1 amide bonds. The van der Waals surface area contributed by atoms with E-state index >= 15 is 0 Å². The number of fused-ring (bicyclic) bond motifs is 1. The van der Waals surface area contributed by atoms with Gasteiger partial charge in [-0.1, -0.05) is 38.5 Å². The molecule has 2 N–H and O–H groups in total. The third-order valence-electron chi connectivity index (χ3n) is 7.62. The summed E-state index contributed by atoms with van der Waals surface area (Å²) in [5.41, 5.74) is 2.52. The number of amides is 1. The third kappa shape index (κ3) is 4.91. The Labute approximate surface area is 181 Å². The highest BCUT2D eigenvalue weighted by molar-refractivity contribution is 5.93. The molecule has 0 aromatic carbocycles. The van der Waals surface area contributed by atoms with Crippen molar-refractivity contribution in [2.45, 2.75) is 102 Å². The van der Waals surface area contributed by atoms with Crippen molar-refractivity contribution < 1.29 is 9.90 Å². The van der Waals surface area contributed by atoms with Crippen molar-refractivity contribution in [1.29, 1.82) is 0 Å². The van der Waals surface area contributed by atoms with Gasteiger partial charge in [0, 0.05) is 44.5 Å². The van der Waals surface area contributed by atoms with Crippen LogP contribution in [-0.4, -0.2) is 58.0 Å². The van der Waals surface area contributed by atoms with Crippen molar-refractivity contribution in [2.75, 3.05) is 20.6 Å². The molecule has 3 aliphatic carbocycles. The van der Waals surface area contributed by atoms with E-state index in [0.717, 1.165) is 57.1 Å². The summed E-state index contributed by atoms with van der Waals surface area (Å²) in [6.45, 7) is 1.63. The predicted octanol–water partition coefficient (Wildman–Crippen LogP) is 3.31. The second-order valence-electron chi connectivity index (χ2n) is 10.3. The second kappa shape index (κ2) is 9.39. The van der Waals surface area contributed by atoms with Crippen molar-refractivity contribution in [3.63, 3.8) is 0 Å². The van der Waals surface area contributed by atoms with Crippen LogP contribution in [0.15, 0.2) is 0 Å². The largest absolute Gasteiger partial charge is 0.389 e. The minimum absolute atomic E-state index is 0.0141. The molecule has 0 aliphatic heterocycles. The van der Waals surface area contributed by atoms with Gasteiger partial charge in [-0.05, 0) is 50.9 Å². The number of nitrogens with one attached hydrogen (secondary N) is 1. The molecule has 3 aliphatic rings. The van der Waals surface area contributed by atoms with Gasteiger partial charge in [0.25, 0.3) is 5.91 Å². The Kier molecular flexibility index (Phi) is 6.83. The number of rotatable bonds is 6. The minimum Gasteiger partial charge on any atom is -0.389 e. The molecule has 1 heterocycles. The Morgan fingerprint density at radius 3 is 2.53 bits per heavy atom. The number of hydrogen-bond donors (Lipinski definition) is 2. The van der Waals surface area contributed by atoms with Crippen LogP contribution in [0.3, 0.4) is 0 Å². The van der Waals surface area contributed by atoms with Crippen molar-refractivity contribution >= 4 is 5.91 Å². The molecule has 168 valence electrons. The number of carbonyl (C=O) groups excluding carboxylic acids is 1. The number of carbonyl (C=O) groups is 1. The molecule has 1 atom stereocenters. The van der Waals surface area contributed by atoms with Crippen molar-refractivity contribution in [3.8, 4) is 0 Å². The summed E-state index contributed by atoms with van der Waals surface area (Å²) < 4.78 is 2.17. The maximum Gasteiger partial charge on any atom is 0.274 e. The smallest absolute Gasteiger partial charge is 0.274 e. The molecule has 1 aromatic heterocycles. The highest BCUT2D eigenvalue weighted by Crippen LogP contribution is 2.31. The molecule has 6 nitrogen and oxygen atoms in total. The average Bonchev–Trinajstić information content (AvgIpc) is 3.10. The molecule has 30 heavy (non-hydrogen) atoms. The summed E-state index contributed by atoms with van der Waals surface area (Å²) >= 11 is 0. The average molecular weight is 417 g/mol. The summed E-state index contributed by atoms with van der Waals surface area (Å²) in [6.07, 6.45) is 14.7. The van der Waals surface area contributed by atoms with Gasteiger partial charge < -0.3 is 15.3 Å². The van der Waals surface area contributed by atoms with Gasteiger partial charge in [-0.15, -0.1) is 0 Å². The van der Waals surface area contributed by atoms with Crippen LogP contribution in [0.5, 0.6) is 0 Å². The lowest BCUT2D eigenvalue weighted by Crippen LogP contribution is -2.47. The zero-order valence-corrected chi connectivity index (χ0v) is 19.0. The zero-order valence-electron chi connectivity index (χ0n) is 19.0. The summed E-state index contributed by atoms with van der Waals surface area (Å²) in [5.74, 6) is 0.710. The number of nitrogens with zero attached hydrogens (tertiary/aromatic N) is 3. The monoisotopic (exact) mass is 416 g/mol. The molecule has 0 saturated heterocycles. The van der Waals surface area contributed by atoms with E-state index in [-0.39, 0.29) is 5.91 Å². The molecular formula is C24H40N4O2. The quantitative estimate of drug-likeness (QED) is 0.746. The predicted molar refractivity (Wildman–Crippen MR) is 119 cm³/mol. The first-order valence-corrected chi connectivity index (χ1v) is 12.2. The maximum absolute atomic E-state index is 12.9. The van der Waals surface area contributed by atoms with Crippen LogP contribution in [0.1, 0.15) is 92.4 Å². The van der Waals surface area contributed by atoms with Crippen LogP contribution in [0, 0.1) is 5.92 Å². The van der Waals surface area contributed by atoms with E-state index in [0.29, 0.717) is 24.2 Å². The molecule has 0 unspecified atom stereocenters. The highest BCUT2D eigenvalue weighted by Gasteiger charge is 2.33. The van der Waals surface area contributed by atoms with E-state index in [2.05, 4.69) is 10.00 Å². The van der Waals surface area contributed by atoms with Gasteiger partial charge in [0.2, 0.25) is 0 Å². The molecule has 0 spiro atoms. The third-order valence-corrected chi connectivity index (χ3v) is 7.62. The maximum atomic E-state index is 12.9. The highest BCUT2D eigenvalue weighted by atomic mass is 16.3. The summed E-state index contributed by atoms with van der Waals surface area (Å²) in [4.78, 5) is 14.5. The van der Waals surface area contributed by atoms with E-state index in [4.69, 9.17) is 5.10 Å². The zero-order chi connectivity index (χ0) is 21.1. The van der Waals surface area contributed by atoms with Gasteiger partial charge in [0.1, 0.15) is 0 Å². The second-order valence-corrected chi connectivity index (χ2v) is 10.3. The van der Waals surface area contributed by atoms with E-state index in [1.165, 1.54) is 44.2 Å². The van der Waals surface area contributed by atoms with Crippen molar-refractivity contribution in [2.24, 2.45) is 5.92 Å². The van der Waals surface area contributed by atoms with Crippen LogP contribution >= 0.6 is 0 Å². The molecule has 0 bridgehead atoms. The SMILES string of the molecule is CN(C)C(=O)c1nn(CC2CCCCC2)c2c1C[C@@H](NCC1(O)CCCCC1)CC2. The Bertz CT molecular complexity index is 730. The first-order valence-electron chi connectivity index (χ1n) is 12.2. The fourth-order valence-electron chi connectivity index (χ4n) is 5.73. The van der Waals surface area contributed by atoms with E-state index in [1.807, 2.05) is 14.1 Å². The number of aromatic nitrogens is 2. The Hall–Kier alpha value is -1.40. The molecule has 2 fully saturated rings. The molecule has 0 radical (unpaired) electrons. The fraction of sp³-hybridized carbons (Fsp3) is 0.833. The Balaban J connectivity index is 1.48. The van der Waals surface area contributed by atoms with Gasteiger partial charge in [-0.3, -0.25) is 9.48 Å². The van der Waals surface area contributed by atoms with Crippen LogP contribution in [0.4, 0.5) is 0 Å². The lowest BCUT2D eigenvalue weighted by Gasteiger charge is -2.35. The molecule has 4 rings (SSSR count). The van der Waals surface area contributed by atoms with Crippen LogP contribution < -0.4 is 5.32 Å². The topological polar surface area (TPSA) is 70.4 Å². The first kappa shape index (κ1) is 21.8. The molecular weight excluding hydrogens is 376 g/mol. The summed E-state index contributed by atoms with van der Waals surface area (Å²) in [7, 11) is 3.62. The summed E-state index contributed by atoms with van der Waals surface area (Å²) in [6, 6.07) is 0.310. The minimum atomic E-state index is -0.550. The van der Waals surface area contributed by atoms with Crippen molar-refractivity contribution in [1.82, 2.24) is 20.0 Å². The Morgan fingerprint density at radius 2 is 1.83 bits per heavy atom. The molecule has 6 heteroatoms. The van der Waals surface area contributed by atoms with E-state index in [1.54, 1.807) is 4.90 Å². The number of hydrogen-bond acceptors (Lipinski definition) is 4. The van der Waals surface area contributed by atoms with Crippen LogP contribution in [0.25, 0.3) is 0 Å². The van der Waals surface area contributed by atoms with Crippen LogP contribution in [-0.2, 0) is 19.4 Å². The van der Waals surface area contributed by atoms with Crippen molar-refractivity contribution in [3.05, 3.63) is 17.0 Å².